The number of hydrogen-bond donors (Lipinski definition) is 0. The molecular weight excluding hydrogens is 238 g/mol. The van der Waals surface area contributed by atoms with E-state index in [1.807, 2.05) is 0 Å². The van der Waals surface area contributed by atoms with Gasteiger partial charge < -0.3 is 9.64 Å². The fourth-order valence-electron chi connectivity index (χ4n) is 2.72. The van der Waals surface area contributed by atoms with Crippen LogP contribution in [0.4, 0.5) is 0 Å². The number of esters is 1. The Balaban J connectivity index is 2.36. The number of nitrogens with zero attached hydrogens (tertiary/aromatic N) is 1. The Bertz CT molecular complexity index is 255. The molecule has 19 heavy (non-hydrogen) atoms. The molecule has 112 valence electrons. The minimum atomic E-state index is 0.0600. The van der Waals surface area contributed by atoms with Gasteiger partial charge in [-0.05, 0) is 26.3 Å². The molecule has 1 fully saturated rings. The Morgan fingerprint density at radius 2 is 1.89 bits per heavy atom. The summed E-state index contributed by atoms with van der Waals surface area (Å²) in [4.78, 5) is 14.5. The monoisotopic (exact) mass is 269 g/mol. The molecule has 0 N–H and O–H groups in total. The van der Waals surface area contributed by atoms with Gasteiger partial charge in [0, 0.05) is 13.1 Å². The van der Waals surface area contributed by atoms with Gasteiger partial charge >= 0.3 is 5.97 Å². The van der Waals surface area contributed by atoms with Crippen molar-refractivity contribution in [1.82, 2.24) is 4.90 Å². The average molecular weight is 269 g/mol. The van der Waals surface area contributed by atoms with Gasteiger partial charge in [-0.3, -0.25) is 4.79 Å². The van der Waals surface area contributed by atoms with Gasteiger partial charge in [0.25, 0.3) is 0 Å². The van der Waals surface area contributed by atoms with Crippen molar-refractivity contribution in [3.63, 3.8) is 0 Å². The number of likely N-dealkylation sites (tertiary alicyclic amines) is 1. The van der Waals surface area contributed by atoms with Gasteiger partial charge in [-0.1, -0.05) is 46.0 Å². The van der Waals surface area contributed by atoms with Gasteiger partial charge in [0.15, 0.2) is 0 Å². The maximum absolute atomic E-state index is 12.3. The lowest BCUT2D eigenvalue weighted by Crippen LogP contribution is -2.26. The Morgan fingerprint density at radius 1 is 1.21 bits per heavy atom. The fraction of sp³-hybridized carbons (Fsp3) is 0.938. The van der Waals surface area contributed by atoms with E-state index in [0.29, 0.717) is 0 Å². The van der Waals surface area contributed by atoms with Crippen LogP contribution in [0.2, 0.25) is 0 Å². The van der Waals surface area contributed by atoms with Gasteiger partial charge in [-0.2, -0.15) is 0 Å². The van der Waals surface area contributed by atoms with Crippen molar-refractivity contribution < 1.29 is 9.53 Å². The van der Waals surface area contributed by atoms with Crippen molar-refractivity contribution in [2.24, 2.45) is 5.92 Å². The molecule has 1 heterocycles. The molecule has 0 amide bonds. The summed E-state index contributed by atoms with van der Waals surface area (Å²) in [5.41, 5.74) is 0. The molecule has 0 aromatic heterocycles. The van der Waals surface area contributed by atoms with Crippen molar-refractivity contribution in [3.05, 3.63) is 0 Å². The molecule has 0 bridgehead atoms. The zero-order chi connectivity index (χ0) is 14.1. The first-order valence-electron chi connectivity index (χ1n) is 8.06. The van der Waals surface area contributed by atoms with Crippen LogP contribution in [0.15, 0.2) is 0 Å². The summed E-state index contributed by atoms with van der Waals surface area (Å²) < 4.78 is 5.69. The standard InChI is InChI=1S/C16H31NO2/c1-4-6-8-10-14(9-7-5-2)16(18)19-15-11-12-17(3)13-15/h14-15H,4-13H2,1-3H3. The molecule has 3 heteroatoms. The molecule has 0 aromatic rings. The molecule has 0 saturated carbocycles. The molecule has 2 atom stereocenters. The SMILES string of the molecule is CCCCCC(CCCC)C(=O)OC1CCN(C)C1. The number of unbranched alkanes of at least 4 members (excludes halogenated alkanes) is 3. The van der Waals surface area contributed by atoms with Crippen molar-refractivity contribution >= 4 is 5.97 Å². The molecule has 1 rings (SSSR count). The van der Waals surface area contributed by atoms with Crippen LogP contribution in [0, 0.1) is 5.92 Å². The van der Waals surface area contributed by atoms with Crippen LogP contribution in [0.25, 0.3) is 0 Å². The Hall–Kier alpha value is -0.570. The fourth-order valence-corrected chi connectivity index (χ4v) is 2.72. The number of ether oxygens (including phenoxy) is 1. The molecule has 0 spiro atoms. The molecule has 1 aliphatic heterocycles. The Kier molecular flexibility index (Phi) is 8.11. The van der Waals surface area contributed by atoms with Crippen molar-refractivity contribution in [3.8, 4) is 0 Å². The number of likely N-dealkylation sites (N-methyl/N-ethyl adjacent to an activating group) is 1. The lowest BCUT2D eigenvalue weighted by molar-refractivity contribution is -0.154. The molecule has 0 aliphatic carbocycles. The van der Waals surface area contributed by atoms with E-state index in [9.17, 15) is 4.79 Å². The van der Waals surface area contributed by atoms with E-state index in [4.69, 9.17) is 4.74 Å². The highest BCUT2D eigenvalue weighted by Crippen LogP contribution is 2.21. The van der Waals surface area contributed by atoms with Crippen molar-refractivity contribution in [2.75, 3.05) is 20.1 Å². The Morgan fingerprint density at radius 3 is 2.47 bits per heavy atom. The third-order valence-electron chi connectivity index (χ3n) is 4.03. The quantitative estimate of drug-likeness (QED) is 0.473. The largest absolute Gasteiger partial charge is 0.461 e. The summed E-state index contributed by atoms with van der Waals surface area (Å²) in [6.45, 7) is 6.34. The molecule has 0 aromatic carbocycles. The predicted molar refractivity (Wildman–Crippen MR) is 79.2 cm³/mol. The Labute approximate surface area is 118 Å². The first-order chi connectivity index (χ1) is 9.17. The van der Waals surface area contributed by atoms with Crippen LogP contribution >= 0.6 is 0 Å². The third kappa shape index (κ3) is 6.42. The van der Waals surface area contributed by atoms with Gasteiger partial charge in [-0.15, -0.1) is 0 Å². The van der Waals surface area contributed by atoms with Crippen molar-refractivity contribution in [1.29, 1.82) is 0 Å². The highest BCUT2D eigenvalue weighted by Gasteiger charge is 2.26. The summed E-state index contributed by atoms with van der Waals surface area (Å²) >= 11 is 0. The first kappa shape index (κ1) is 16.5. The molecule has 1 saturated heterocycles. The van der Waals surface area contributed by atoms with E-state index >= 15 is 0 Å². The molecule has 3 nitrogen and oxygen atoms in total. The number of carbonyl (C=O) groups excluding carboxylic acids is 1. The van der Waals surface area contributed by atoms with E-state index < -0.39 is 0 Å². The molecular formula is C16H31NO2. The second-order valence-electron chi connectivity index (χ2n) is 5.94. The lowest BCUT2D eigenvalue weighted by atomic mass is 9.95. The van der Waals surface area contributed by atoms with Crippen LogP contribution in [0.3, 0.4) is 0 Å². The zero-order valence-electron chi connectivity index (χ0n) is 13.0. The van der Waals surface area contributed by atoms with E-state index in [0.717, 1.165) is 51.6 Å². The minimum Gasteiger partial charge on any atom is -0.461 e. The predicted octanol–water partition coefficient (Wildman–Crippen LogP) is 3.62. The molecule has 0 radical (unpaired) electrons. The zero-order valence-corrected chi connectivity index (χ0v) is 13.0. The highest BCUT2D eigenvalue weighted by atomic mass is 16.5. The van der Waals surface area contributed by atoms with E-state index in [1.54, 1.807) is 0 Å². The third-order valence-corrected chi connectivity index (χ3v) is 4.03. The lowest BCUT2D eigenvalue weighted by Gasteiger charge is -2.19. The van der Waals surface area contributed by atoms with Crippen LogP contribution in [0.1, 0.15) is 65.2 Å². The summed E-state index contributed by atoms with van der Waals surface area (Å²) in [6, 6.07) is 0. The summed E-state index contributed by atoms with van der Waals surface area (Å²) in [6.07, 6.45) is 9.03. The van der Waals surface area contributed by atoms with E-state index in [2.05, 4.69) is 25.8 Å². The van der Waals surface area contributed by atoms with Gasteiger partial charge in [0.2, 0.25) is 0 Å². The summed E-state index contributed by atoms with van der Waals surface area (Å²) in [5.74, 6) is 0.197. The van der Waals surface area contributed by atoms with Crippen LogP contribution in [-0.2, 0) is 9.53 Å². The van der Waals surface area contributed by atoms with Crippen molar-refractivity contribution in [2.45, 2.75) is 71.3 Å². The molecule has 2 unspecified atom stereocenters. The minimum absolute atomic E-state index is 0.0600. The van der Waals surface area contributed by atoms with Crippen LogP contribution in [0.5, 0.6) is 0 Å². The average Bonchev–Trinajstić information content (AvgIpc) is 2.79. The highest BCUT2D eigenvalue weighted by molar-refractivity contribution is 5.72. The molecule has 1 aliphatic rings. The van der Waals surface area contributed by atoms with E-state index in [1.165, 1.54) is 12.8 Å². The maximum atomic E-state index is 12.3. The van der Waals surface area contributed by atoms with E-state index in [-0.39, 0.29) is 18.0 Å². The summed E-state index contributed by atoms with van der Waals surface area (Å²) in [7, 11) is 2.09. The maximum Gasteiger partial charge on any atom is 0.309 e. The smallest absolute Gasteiger partial charge is 0.309 e. The number of rotatable bonds is 9. The topological polar surface area (TPSA) is 29.5 Å². The first-order valence-corrected chi connectivity index (χ1v) is 8.06. The normalized spacial score (nSPS) is 21.5. The second-order valence-corrected chi connectivity index (χ2v) is 5.94. The van der Waals surface area contributed by atoms with Crippen LogP contribution < -0.4 is 0 Å². The summed E-state index contributed by atoms with van der Waals surface area (Å²) in [5, 5.41) is 0. The van der Waals surface area contributed by atoms with Crippen LogP contribution in [-0.4, -0.2) is 37.1 Å². The van der Waals surface area contributed by atoms with Gasteiger partial charge in [0.1, 0.15) is 6.10 Å². The van der Waals surface area contributed by atoms with Gasteiger partial charge in [-0.25, -0.2) is 0 Å². The second kappa shape index (κ2) is 9.35. The van der Waals surface area contributed by atoms with Gasteiger partial charge in [0.05, 0.1) is 5.92 Å². The number of carbonyl (C=O) groups is 1. The number of hydrogen-bond acceptors (Lipinski definition) is 3.